The van der Waals surface area contributed by atoms with Crippen LogP contribution in [-0.4, -0.2) is 0 Å². The van der Waals surface area contributed by atoms with Crippen LogP contribution in [0.15, 0.2) is 42.6 Å². The summed E-state index contributed by atoms with van der Waals surface area (Å²) in [5, 5.41) is 0. The molecule has 0 radical (unpaired) electrons. The first-order valence-corrected chi connectivity index (χ1v) is 10.2. The third-order valence-corrected chi connectivity index (χ3v) is 7.00. The molecule has 1 aliphatic rings. The summed E-state index contributed by atoms with van der Waals surface area (Å²) in [6.07, 6.45) is 9.53. The summed E-state index contributed by atoms with van der Waals surface area (Å²) in [4.78, 5) is 0. The molecule has 0 bridgehead atoms. The third-order valence-electron chi connectivity index (χ3n) is 7.00. The van der Waals surface area contributed by atoms with Crippen molar-refractivity contribution in [3.63, 3.8) is 0 Å². The molecule has 1 atom stereocenters. The molecule has 1 aromatic carbocycles. The topological polar surface area (TPSA) is 3.88 Å². The summed E-state index contributed by atoms with van der Waals surface area (Å²) in [5.74, 6) is 0. The fourth-order valence-corrected chi connectivity index (χ4v) is 5.25. The Hall–Kier alpha value is -1.63. The summed E-state index contributed by atoms with van der Waals surface area (Å²) in [6.45, 7) is 11.9. The van der Waals surface area contributed by atoms with Crippen molar-refractivity contribution in [1.29, 1.82) is 0 Å². The molecule has 0 fully saturated rings. The highest BCUT2D eigenvalue weighted by Gasteiger charge is 2.58. The zero-order valence-electron chi connectivity index (χ0n) is 16.7. The molecule has 0 amide bonds. The molecule has 0 N–H and O–H groups in total. The number of benzene rings is 1. The van der Waals surface area contributed by atoms with E-state index in [0.717, 1.165) is 12.8 Å². The molecule has 3 rings (SSSR count). The first-order valence-electron chi connectivity index (χ1n) is 10.2. The van der Waals surface area contributed by atoms with Gasteiger partial charge in [-0.3, -0.25) is 0 Å². The third kappa shape index (κ3) is 2.55. The molecule has 0 spiro atoms. The molecule has 2 aromatic rings. The summed E-state index contributed by atoms with van der Waals surface area (Å²) in [7, 11) is 0. The van der Waals surface area contributed by atoms with Gasteiger partial charge in [-0.1, -0.05) is 46.2 Å². The molecule has 1 nitrogen and oxygen atoms in total. The lowest BCUT2D eigenvalue weighted by Gasteiger charge is -2.47. The van der Waals surface area contributed by atoms with Crippen molar-refractivity contribution in [3.8, 4) is 11.3 Å². The number of unbranched alkanes of at least 4 members (excludes halogenated alkanes) is 1. The van der Waals surface area contributed by atoms with Gasteiger partial charge < -0.3 is 0 Å². The van der Waals surface area contributed by atoms with E-state index in [4.69, 9.17) is 0 Å². The smallest absolute Gasteiger partial charge is 0.192 e. The van der Waals surface area contributed by atoms with E-state index < -0.39 is 0 Å². The minimum absolute atomic E-state index is 0.148. The Kier molecular flexibility index (Phi) is 5.04. The van der Waals surface area contributed by atoms with Crippen LogP contribution in [0.1, 0.15) is 77.8 Å². The van der Waals surface area contributed by atoms with Gasteiger partial charge in [-0.15, -0.1) is 0 Å². The molecule has 1 aromatic heterocycles. The van der Waals surface area contributed by atoms with Gasteiger partial charge in [0.15, 0.2) is 11.7 Å². The average Bonchev–Trinajstić information content (AvgIpc) is 2.67. The van der Waals surface area contributed by atoms with Gasteiger partial charge in [0.25, 0.3) is 0 Å². The number of rotatable bonds is 6. The quantitative estimate of drug-likeness (QED) is 0.555. The van der Waals surface area contributed by atoms with Crippen LogP contribution in [0.5, 0.6) is 0 Å². The van der Waals surface area contributed by atoms with Crippen molar-refractivity contribution < 1.29 is 4.57 Å². The zero-order chi connectivity index (χ0) is 18.1. The number of hydrogen-bond donors (Lipinski definition) is 0. The Morgan fingerprint density at radius 1 is 0.920 bits per heavy atom. The molecule has 1 unspecified atom stereocenters. The molecule has 0 saturated heterocycles. The number of nitrogens with zero attached hydrogens (tertiary/aromatic N) is 1. The van der Waals surface area contributed by atoms with Crippen LogP contribution in [0.25, 0.3) is 11.3 Å². The van der Waals surface area contributed by atoms with Gasteiger partial charge in [0.1, 0.15) is 0 Å². The van der Waals surface area contributed by atoms with E-state index in [9.17, 15) is 0 Å². The van der Waals surface area contributed by atoms with E-state index in [0.29, 0.717) is 0 Å². The second-order valence-corrected chi connectivity index (χ2v) is 7.86. The van der Waals surface area contributed by atoms with E-state index in [1.165, 1.54) is 42.5 Å². The molecule has 1 heteroatoms. The zero-order valence-corrected chi connectivity index (χ0v) is 16.7. The molecule has 1 aliphatic heterocycles. The van der Waals surface area contributed by atoms with Crippen LogP contribution in [0, 0.1) is 0 Å². The Bertz CT molecular complexity index is 742. The highest BCUT2D eigenvalue weighted by atomic mass is 15.1. The van der Waals surface area contributed by atoms with E-state index in [-0.39, 0.29) is 11.0 Å². The Morgan fingerprint density at radius 2 is 1.68 bits per heavy atom. The van der Waals surface area contributed by atoms with Crippen LogP contribution in [-0.2, 0) is 17.4 Å². The van der Waals surface area contributed by atoms with E-state index >= 15 is 0 Å². The van der Waals surface area contributed by atoms with E-state index in [1.54, 1.807) is 5.56 Å². The van der Waals surface area contributed by atoms with Crippen LogP contribution < -0.4 is 4.57 Å². The highest BCUT2D eigenvalue weighted by Crippen LogP contribution is 2.51. The van der Waals surface area contributed by atoms with E-state index in [1.807, 2.05) is 0 Å². The Morgan fingerprint density at radius 3 is 2.32 bits per heavy atom. The maximum atomic E-state index is 2.59. The maximum absolute atomic E-state index is 2.59. The lowest BCUT2D eigenvalue weighted by molar-refractivity contribution is -0.769. The van der Waals surface area contributed by atoms with Gasteiger partial charge in [-0.05, 0) is 49.4 Å². The molecular weight excluding hydrogens is 302 g/mol. The lowest BCUT2D eigenvalue weighted by Crippen LogP contribution is -2.68. The largest absolute Gasteiger partial charge is 0.213 e. The van der Waals surface area contributed by atoms with Gasteiger partial charge in [0, 0.05) is 25.0 Å². The normalized spacial score (nSPS) is 20.8. The number of aryl methyl sites for hydroxylation is 1. The molecule has 2 heterocycles. The van der Waals surface area contributed by atoms with Crippen molar-refractivity contribution in [2.24, 2.45) is 0 Å². The van der Waals surface area contributed by atoms with Crippen LogP contribution >= 0.6 is 0 Å². The second-order valence-electron chi connectivity index (χ2n) is 7.86. The maximum Gasteiger partial charge on any atom is 0.213 e. The van der Waals surface area contributed by atoms with Crippen LogP contribution in [0.4, 0.5) is 0 Å². The van der Waals surface area contributed by atoms with Gasteiger partial charge in [-0.25, -0.2) is 0 Å². The Balaban J connectivity index is 2.30. The van der Waals surface area contributed by atoms with Crippen LogP contribution in [0.2, 0.25) is 0 Å². The van der Waals surface area contributed by atoms with Gasteiger partial charge in [-0.2, -0.15) is 4.57 Å². The minimum Gasteiger partial charge on any atom is -0.192 e. The summed E-state index contributed by atoms with van der Waals surface area (Å²) in [6, 6.07) is 14.0. The highest BCUT2D eigenvalue weighted by molar-refractivity contribution is 5.66. The predicted octanol–water partition coefficient (Wildman–Crippen LogP) is 6.18. The number of aromatic nitrogens is 1. The molecule has 25 heavy (non-hydrogen) atoms. The monoisotopic (exact) mass is 336 g/mol. The molecule has 134 valence electrons. The standard InChI is InChI=1S/C24H34N/c1-6-10-13-19-15-16-20-21(18-19)23(5,7-2)24(8-3,9-4)25-17-12-11-14-22(20)25/h11-12,14-18H,6-10,13H2,1-5H3/q+1. The van der Waals surface area contributed by atoms with Crippen molar-refractivity contribution in [1.82, 2.24) is 0 Å². The molecule has 0 saturated carbocycles. The first-order chi connectivity index (χ1) is 12.1. The number of fused-ring (bicyclic) bond motifs is 3. The van der Waals surface area contributed by atoms with Gasteiger partial charge in [0.2, 0.25) is 5.69 Å². The Labute approximate surface area is 154 Å². The van der Waals surface area contributed by atoms with Crippen molar-refractivity contribution in [3.05, 3.63) is 53.7 Å². The fraction of sp³-hybridized carbons (Fsp3) is 0.542. The SMILES string of the molecule is CCCCc1ccc2c(c1)C(C)(CC)C(CC)(CC)[n+]1ccccc1-2. The van der Waals surface area contributed by atoms with Gasteiger partial charge in [0.05, 0.1) is 11.0 Å². The summed E-state index contributed by atoms with van der Waals surface area (Å²) in [5.41, 5.74) is 6.20. The summed E-state index contributed by atoms with van der Waals surface area (Å²) >= 11 is 0. The van der Waals surface area contributed by atoms with Crippen LogP contribution in [0.3, 0.4) is 0 Å². The van der Waals surface area contributed by atoms with Crippen molar-refractivity contribution in [2.75, 3.05) is 0 Å². The lowest BCUT2D eigenvalue weighted by atomic mass is 9.58. The first kappa shape index (κ1) is 18.2. The van der Waals surface area contributed by atoms with Crippen molar-refractivity contribution >= 4 is 0 Å². The molecular formula is C24H34N+. The van der Waals surface area contributed by atoms with Crippen molar-refractivity contribution in [2.45, 2.75) is 84.1 Å². The second kappa shape index (κ2) is 6.94. The fourth-order valence-electron chi connectivity index (χ4n) is 5.25. The summed E-state index contributed by atoms with van der Waals surface area (Å²) < 4.78 is 2.59. The number of hydrogen-bond acceptors (Lipinski definition) is 0. The van der Waals surface area contributed by atoms with E-state index in [2.05, 4.69) is 81.8 Å². The molecule has 0 aliphatic carbocycles. The average molecular weight is 337 g/mol. The minimum atomic E-state index is 0.148. The van der Waals surface area contributed by atoms with Gasteiger partial charge >= 0.3 is 0 Å². The predicted molar refractivity (Wildman–Crippen MR) is 107 cm³/mol. The number of pyridine rings is 1.